The Hall–Kier alpha value is -2.13. The second-order valence-corrected chi connectivity index (χ2v) is 4.56. The number of para-hydroxylation sites is 1. The van der Waals surface area contributed by atoms with Crippen LogP contribution in [0.1, 0.15) is 5.76 Å². The molecular formula is C15H11ClO3. The van der Waals surface area contributed by atoms with Crippen molar-refractivity contribution in [1.29, 1.82) is 0 Å². The van der Waals surface area contributed by atoms with Crippen molar-refractivity contribution < 1.29 is 14.3 Å². The molecule has 3 nitrogen and oxygen atoms in total. The number of halogens is 1. The summed E-state index contributed by atoms with van der Waals surface area (Å²) in [6.45, 7) is 0.286. The van der Waals surface area contributed by atoms with Gasteiger partial charge < -0.3 is 14.3 Å². The molecule has 0 saturated heterocycles. The van der Waals surface area contributed by atoms with Crippen LogP contribution >= 0.6 is 11.6 Å². The summed E-state index contributed by atoms with van der Waals surface area (Å²) in [7, 11) is 0. The second kappa shape index (κ2) is 4.86. The Morgan fingerprint density at radius 2 is 1.95 bits per heavy atom. The first-order chi connectivity index (χ1) is 9.22. The third-order valence-corrected chi connectivity index (χ3v) is 3.04. The Kier molecular flexibility index (Phi) is 3.05. The van der Waals surface area contributed by atoms with Crippen molar-refractivity contribution >= 4 is 22.6 Å². The average Bonchev–Trinajstić information content (AvgIpc) is 2.81. The van der Waals surface area contributed by atoms with Crippen molar-refractivity contribution in [2.45, 2.75) is 6.61 Å². The van der Waals surface area contributed by atoms with Gasteiger partial charge in [0.1, 0.15) is 23.9 Å². The average molecular weight is 275 g/mol. The number of aromatic hydroxyl groups is 1. The molecule has 4 heteroatoms. The molecule has 1 aromatic heterocycles. The molecule has 3 aromatic rings. The van der Waals surface area contributed by atoms with E-state index in [1.165, 1.54) is 0 Å². The first kappa shape index (κ1) is 11.9. The third kappa shape index (κ3) is 2.51. The van der Waals surface area contributed by atoms with Crippen LogP contribution in [0.3, 0.4) is 0 Å². The smallest absolute Gasteiger partial charge is 0.153 e. The Morgan fingerprint density at radius 1 is 1.11 bits per heavy atom. The van der Waals surface area contributed by atoms with E-state index < -0.39 is 0 Å². The molecule has 0 fully saturated rings. The van der Waals surface area contributed by atoms with Crippen molar-refractivity contribution in [3.05, 3.63) is 59.3 Å². The number of hydrogen-bond donors (Lipinski definition) is 1. The molecule has 2 aromatic carbocycles. The maximum Gasteiger partial charge on any atom is 0.153 e. The van der Waals surface area contributed by atoms with Gasteiger partial charge in [-0.1, -0.05) is 29.8 Å². The van der Waals surface area contributed by atoms with Crippen LogP contribution in [-0.4, -0.2) is 5.11 Å². The molecule has 0 aliphatic carbocycles. The largest absolute Gasteiger partial charge is 0.508 e. The molecule has 0 bridgehead atoms. The van der Waals surface area contributed by atoms with Gasteiger partial charge >= 0.3 is 0 Å². The summed E-state index contributed by atoms with van der Waals surface area (Å²) >= 11 is 6.04. The number of phenolic OH excluding ortho intramolecular Hbond substituents is 1. The van der Waals surface area contributed by atoms with E-state index in [0.29, 0.717) is 22.1 Å². The first-order valence-electron chi connectivity index (χ1n) is 5.81. The number of furan rings is 1. The minimum atomic E-state index is 0.171. The van der Waals surface area contributed by atoms with Crippen LogP contribution in [0.25, 0.3) is 11.0 Å². The molecule has 0 aliphatic rings. The van der Waals surface area contributed by atoms with E-state index in [1.807, 2.05) is 18.2 Å². The zero-order valence-electron chi connectivity index (χ0n) is 9.97. The van der Waals surface area contributed by atoms with E-state index in [-0.39, 0.29) is 12.4 Å². The third-order valence-electron chi connectivity index (χ3n) is 2.75. The predicted octanol–water partition coefficient (Wildman–Crippen LogP) is 4.37. The normalized spacial score (nSPS) is 10.8. The van der Waals surface area contributed by atoms with Crippen LogP contribution in [0.5, 0.6) is 11.5 Å². The van der Waals surface area contributed by atoms with Crippen LogP contribution < -0.4 is 4.74 Å². The van der Waals surface area contributed by atoms with Gasteiger partial charge in [0.15, 0.2) is 5.58 Å². The standard InChI is InChI=1S/C15H11ClO3/c16-14-6-1-3-10-7-13(19-15(10)14)9-18-12-5-2-4-11(17)8-12/h1-8,17H,9H2. The predicted molar refractivity (Wildman–Crippen MR) is 73.7 cm³/mol. The van der Waals surface area contributed by atoms with Crippen LogP contribution in [-0.2, 0) is 6.61 Å². The zero-order chi connectivity index (χ0) is 13.2. The second-order valence-electron chi connectivity index (χ2n) is 4.16. The highest BCUT2D eigenvalue weighted by Gasteiger charge is 2.07. The van der Waals surface area contributed by atoms with Crippen LogP contribution in [0.2, 0.25) is 5.02 Å². The minimum absolute atomic E-state index is 0.171. The molecule has 0 aliphatic heterocycles. The fourth-order valence-corrected chi connectivity index (χ4v) is 2.10. The van der Waals surface area contributed by atoms with E-state index in [4.69, 9.17) is 20.8 Å². The van der Waals surface area contributed by atoms with Gasteiger partial charge in [0.25, 0.3) is 0 Å². The fraction of sp³-hybridized carbons (Fsp3) is 0.0667. The lowest BCUT2D eigenvalue weighted by Crippen LogP contribution is -1.92. The highest BCUT2D eigenvalue weighted by molar-refractivity contribution is 6.34. The van der Waals surface area contributed by atoms with Crippen molar-refractivity contribution in [2.75, 3.05) is 0 Å². The molecule has 0 radical (unpaired) electrons. The Labute approximate surface area is 115 Å². The van der Waals surface area contributed by atoms with Gasteiger partial charge in [0.05, 0.1) is 5.02 Å². The molecule has 1 N–H and O–H groups in total. The highest BCUT2D eigenvalue weighted by Crippen LogP contribution is 2.27. The van der Waals surface area contributed by atoms with Crippen molar-refractivity contribution in [3.8, 4) is 11.5 Å². The monoisotopic (exact) mass is 274 g/mol. The van der Waals surface area contributed by atoms with Gasteiger partial charge in [-0.15, -0.1) is 0 Å². The molecule has 0 atom stereocenters. The van der Waals surface area contributed by atoms with Crippen LogP contribution in [0, 0.1) is 0 Å². The van der Waals surface area contributed by atoms with E-state index in [2.05, 4.69) is 0 Å². The summed E-state index contributed by atoms with van der Waals surface area (Å²) in [6, 6.07) is 14.1. The lowest BCUT2D eigenvalue weighted by atomic mass is 10.2. The molecule has 96 valence electrons. The topological polar surface area (TPSA) is 42.6 Å². The van der Waals surface area contributed by atoms with Crippen molar-refractivity contribution in [2.24, 2.45) is 0 Å². The molecule has 19 heavy (non-hydrogen) atoms. The molecular weight excluding hydrogens is 264 g/mol. The van der Waals surface area contributed by atoms with Gasteiger partial charge in [0.2, 0.25) is 0 Å². The minimum Gasteiger partial charge on any atom is -0.508 e. The van der Waals surface area contributed by atoms with Crippen LogP contribution in [0.15, 0.2) is 52.9 Å². The molecule has 0 spiro atoms. The van der Waals surface area contributed by atoms with E-state index in [9.17, 15) is 5.11 Å². The summed E-state index contributed by atoms with van der Waals surface area (Å²) < 4.78 is 11.2. The van der Waals surface area contributed by atoms with Gasteiger partial charge in [0, 0.05) is 11.5 Å². The summed E-state index contributed by atoms with van der Waals surface area (Å²) in [5.41, 5.74) is 0.665. The number of rotatable bonds is 3. The SMILES string of the molecule is Oc1cccc(OCc2cc3cccc(Cl)c3o2)c1. The van der Waals surface area contributed by atoms with E-state index in [0.717, 1.165) is 5.39 Å². The highest BCUT2D eigenvalue weighted by atomic mass is 35.5. The van der Waals surface area contributed by atoms with E-state index in [1.54, 1.807) is 30.3 Å². The number of benzene rings is 2. The molecule has 0 saturated carbocycles. The lowest BCUT2D eigenvalue weighted by molar-refractivity contribution is 0.273. The first-order valence-corrected chi connectivity index (χ1v) is 6.19. The van der Waals surface area contributed by atoms with Crippen LogP contribution in [0.4, 0.5) is 0 Å². The number of phenols is 1. The Balaban J connectivity index is 1.80. The summed E-state index contributed by atoms with van der Waals surface area (Å²) in [5, 5.41) is 10.9. The Bertz CT molecular complexity index is 718. The summed E-state index contributed by atoms with van der Waals surface area (Å²) in [5.74, 6) is 1.45. The quantitative estimate of drug-likeness (QED) is 0.771. The molecule has 0 unspecified atom stereocenters. The maximum absolute atomic E-state index is 9.34. The van der Waals surface area contributed by atoms with E-state index >= 15 is 0 Å². The summed E-state index contributed by atoms with van der Waals surface area (Å²) in [6.07, 6.45) is 0. The fourth-order valence-electron chi connectivity index (χ4n) is 1.88. The lowest BCUT2D eigenvalue weighted by Gasteiger charge is -2.03. The Morgan fingerprint density at radius 3 is 2.74 bits per heavy atom. The van der Waals surface area contributed by atoms with Gasteiger partial charge in [-0.2, -0.15) is 0 Å². The van der Waals surface area contributed by atoms with Gasteiger partial charge in [-0.3, -0.25) is 0 Å². The van der Waals surface area contributed by atoms with Gasteiger partial charge in [-0.25, -0.2) is 0 Å². The van der Waals surface area contributed by atoms with Crippen molar-refractivity contribution in [1.82, 2.24) is 0 Å². The van der Waals surface area contributed by atoms with Gasteiger partial charge in [-0.05, 0) is 24.3 Å². The maximum atomic E-state index is 9.34. The number of ether oxygens (including phenoxy) is 1. The number of fused-ring (bicyclic) bond motifs is 1. The summed E-state index contributed by atoms with van der Waals surface area (Å²) in [4.78, 5) is 0. The molecule has 3 rings (SSSR count). The zero-order valence-corrected chi connectivity index (χ0v) is 10.7. The number of hydrogen-bond acceptors (Lipinski definition) is 3. The van der Waals surface area contributed by atoms with Crippen molar-refractivity contribution in [3.63, 3.8) is 0 Å². The molecule has 1 heterocycles. The molecule has 0 amide bonds.